The van der Waals surface area contributed by atoms with E-state index >= 15 is 0 Å². The molecule has 6 nitrogen and oxygen atoms in total. The van der Waals surface area contributed by atoms with Crippen LogP contribution in [-0.2, 0) is 0 Å². The third kappa shape index (κ3) is 2.48. The number of nitrogens with one attached hydrogen (secondary N) is 1. The smallest absolute Gasteiger partial charge is 0.141 e. The Kier molecular flexibility index (Phi) is 2.24. The van der Waals surface area contributed by atoms with E-state index in [1.54, 1.807) is 12.3 Å². The van der Waals surface area contributed by atoms with E-state index in [4.69, 9.17) is 8.22 Å². The highest BCUT2D eigenvalue weighted by Crippen LogP contribution is 2.36. The van der Waals surface area contributed by atoms with E-state index in [1.165, 1.54) is 18.7 Å². The molecule has 1 aliphatic rings. The number of nitrogens with zero attached hydrogens (tertiary/aromatic N) is 5. The summed E-state index contributed by atoms with van der Waals surface area (Å²) in [5.74, 6) is -1.88. The summed E-state index contributed by atoms with van der Waals surface area (Å²) in [7, 11) is 0. The number of rotatable bonds is 4. The zero-order valence-corrected chi connectivity index (χ0v) is 12.2. The van der Waals surface area contributed by atoms with Crippen LogP contribution in [-0.4, -0.2) is 24.7 Å². The van der Waals surface area contributed by atoms with Crippen molar-refractivity contribution in [2.24, 2.45) is 5.89 Å². The third-order valence-electron chi connectivity index (χ3n) is 3.87. The molecule has 1 saturated carbocycles. The van der Waals surface area contributed by atoms with Gasteiger partial charge in [0, 0.05) is 30.2 Å². The zero-order valence-electron chi connectivity index (χ0n) is 18.2. The highest BCUT2D eigenvalue weighted by atomic mass is 15.3. The Morgan fingerprint density at radius 2 is 2.39 bits per heavy atom. The van der Waals surface area contributed by atoms with Crippen LogP contribution in [0.25, 0.3) is 22.3 Å². The molecule has 4 rings (SSSR count). The van der Waals surface area contributed by atoms with Crippen molar-refractivity contribution in [3.05, 3.63) is 31.0 Å². The Hall–Kier alpha value is -2.68. The molecule has 3 aromatic rings. The molecular formula is C17H18N6. The number of aromatic amines is 1. The van der Waals surface area contributed by atoms with Gasteiger partial charge in [0.1, 0.15) is 12.0 Å². The lowest BCUT2D eigenvalue weighted by Gasteiger charge is -2.21. The molecular weight excluding hydrogens is 288 g/mol. The second-order valence-electron chi connectivity index (χ2n) is 5.23. The maximum absolute atomic E-state index is 9.33. The molecule has 0 amide bonds. The van der Waals surface area contributed by atoms with E-state index in [2.05, 4.69) is 20.1 Å². The van der Waals surface area contributed by atoms with Gasteiger partial charge in [-0.05, 0) is 24.8 Å². The summed E-state index contributed by atoms with van der Waals surface area (Å²) in [5.41, 5.74) is 1.75. The van der Waals surface area contributed by atoms with Crippen LogP contribution in [0.3, 0.4) is 0 Å². The number of H-pyrrole nitrogens is 1. The average Bonchev–Trinajstić information content (AvgIpc) is 3.32. The summed E-state index contributed by atoms with van der Waals surface area (Å²) >= 11 is 0. The van der Waals surface area contributed by atoms with Gasteiger partial charge >= 0.3 is 0 Å². The van der Waals surface area contributed by atoms with Crippen molar-refractivity contribution in [1.82, 2.24) is 24.7 Å². The number of hydrogen-bond donors (Lipinski definition) is 1. The predicted octanol–water partition coefficient (Wildman–Crippen LogP) is 3.47. The molecule has 0 unspecified atom stereocenters. The van der Waals surface area contributed by atoms with Crippen LogP contribution < -0.4 is 0 Å². The molecule has 0 aromatic carbocycles. The standard InChI is InChI=1S/C17H18N6/c18-7-5-15(12-3-1-2-4-12)23-10-13(9-22-23)16-14-6-8-19-17(14)21-11-20-16/h6,8-12,15H,1-5H2,(H,19,20,21)/t15-/m0/s1/i1D2,2D2,12D,15D. The number of aromatic nitrogens is 5. The van der Waals surface area contributed by atoms with Crippen molar-refractivity contribution >= 4 is 11.0 Å². The van der Waals surface area contributed by atoms with Crippen LogP contribution in [0.2, 0.25) is 0 Å². The highest BCUT2D eigenvalue weighted by molar-refractivity contribution is 5.89. The van der Waals surface area contributed by atoms with E-state index in [9.17, 15) is 5.26 Å². The first-order chi connectivity index (χ1) is 13.5. The molecule has 0 radical (unpaired) electrons. The van der Waals surface area contributed by atoms with E-state index in [0.717, 1.165) is 10.1 Å². The molecule has 116 valence electrons. The van der Waals surface area contributed by atoms with Crippen molar-refractivity contribution in [2.75, 3.05) is 0 Å². The Labute approximate surface area is 142 Å². The molecule has 3 aromatic heterocycles. The molecule has 1 atom stereocenters. The Balaban J connectivity index is 1.80. The van der Waals surface area contributed by atoms with Crippen molar-refractivity contribution in [1.29, 1.82) is 5.26 Å². The minimum absolute atomic E-state index is 0.437. The van der Waals surface area contributed by atoms with Crippen LogP contribution in [0, 0.1) is 17.2 Å². The summed E-state index contributed by atoms with van der Waals surface area (Å²) in [6.07, 6.45) is 0.0573. The largest absolute Gasteiger partial charge is 0.346 e. The van der Waals surface area contributed by atoms with Gasteiger partial charge in [-0.1, -0.05) is 12.7 Å². The molecule has 0 bridgehead atoms. The Morgan fingerprint density at radius 1 is 1.52 bits per heavy atom. The minimum Gasteiger partial charge on any atom is -0.346 e. The molecule has 3 heterocycles. The quantitative estimate of drug-likeness (QED) is 0.799. The number of hydrogen-bond acceptors (Lipinski definition) is 4. The second-order valence-corrected chi connectivity index (χ2v) is 5.23. The monoisotopic (exact) mass is 312 g/mol. The van der Waals surface area contributed by atoms with Crippen LogP contribution in [0.15, 0.2) is 31.0 Å². The first-order valence-electron chi connectivity index (χ1n) is 10.2. The maximum Gasteiger partial charge on any atom is 0.141 e. The summed E-state index contributed by atoms with van der Waals surface area (Å²) in [6, 6.07) is 1.73. The lowest BCUT2D eigenvalue weighted by Crippen LogP contribution is -2.17. The minimum atomic E-state index is -2.28. The maximum atomic E-state index is 9.33. The topological polar surface area (TPSA) is 83.2 Å². The molecule has 1 fully saturated rings. The fourth-order valence-corrected chi connectivity index (χ4v) is 2.74. The Bertz CT molecular complexity index is 1100. The molecule has 1 N–H and O–H groups in total. The fourth-order valence-electron chi connectivity index (χ4n) is 2.74. The predicted molar refractivity (Wildman–Crippen MR) is 86.3 cm³/mol. The van der Waals surface area contributed by atoms with E-state index in [0.29, 0.717) is 16.9 Å². The summed E-state index contributed by atoms with van der Waals surface area (Å²) in [6.45, 7) is 0. The van der Waals surface area contributed by atoms with Gasteiger partial charge in [-0.3, -0.25) is 4.68 Å². The number of nitriles is 1. The molecule has 23 heavy (non-hydrogen) atoms. The highest BCUT2D eigenvalue weighted by Gasteiger charge is 2.27. The van der Waals surface area contributed by atoms with E-state index in [1.807, 2.05) is 6.07 Å². The van der Waals surface area contributed by atoms with E-state index in [-0.39, 0.29) is 0 Å². The summed E-state index contributed by atoms with van der Waals surface area (Å²) in [4.78, 5) is 11.4. The van der Waals surface area contributed by atoms with Crippen LogP contribution >= 0.6 is 0 Å². The van der Waals surface area contributed by atoms with Crippen LogP contribution in [0.4, 0.5) is 0 Å². The van der Waals surface area contributed by atoms with Crippen molar-refractivity contribution < 1.29 is 8.22 Å². The number of fused-ring (bicyclic) bond motifs is 1. The zero-order chi connectivity index (χ0) is 21.1. The van der Waals surface area contributed by atoms with Crippen LogP contribution in [0.1, 0.15) is 46.3 Å². The van der Waals surface area contributed by atoms with Gasteiger partial charge in [-0.15, -0.1) is 0 Å². The second kappa shape index (κ2) is 5.84. The fraction of sp³-hybridized carbons (Fsp3) is 0.412. The Morgan fingerprint density at radius 3 is 3.22 bits per heavy atom. The van der Waals surface area contributed by atoms with Crippen molar-refractivity contribution in [2.45, 2.75) is 38.0 Å². The first kappa shape index (κ1) is 8.82. The van der Waals surface area contributed by atoms with Crippen molar-refractivity contribution in [3.8, 4) is 17.3 Å². The average molecular weight is 312 g/mol. The van der Waals surface area contributed by atoms with Gasteiger partial charge < -0.3 is 4.98 Å². The molecule has 1 aliphatic carbocycles. The SMILES string of the molecule is [2H]C1([2H])CC([2H])([C@]([2H])(CC#N)n2cc(-c3ncnc4[nH]ccc34)cn2)CC1([2H])[2H]. The van der Waals surface area contributed by atoms with Gasteiger partial charge in [-0.25, -0.2) is 9.97 Å². The summed E-state index contributed by atoms with van der Waals surface area (Å²) < 4.78 is 50.8. The van der Waals surface area contributed by atoms with Gasteiger partial charge in [0.25, 0.3) is 0 Å². The molecule has 6 heteroatoms. The van der Waals surface area contributed by atoms with Crippen molar-refractivity contribution in [3.63, 3.8) is 0 Å². The summed E-state index contributed by atoms with van der Waals surface area (Å²) in [5, 5.41) is 14.3. The van der Waals surface area contributed by atoms with Gasteiger partial charge in [0.2, 0.25) is 0 Å². The lowest BCUT2D eigenvalue weighted by molar-refractivity contribution is 0.315. The van der Waals surface area contributed by atoms with Crippen LogP contribution in [0.5, 0.6) is 0 Å². The first-order valence-corrected chi connectivity index (χ1v) is 7.24. The van der Waals surface area contributed by atoms with Gasteiger partial charge in [0.05, 0.1) is 31.8 Å². The van der Waals surface area contributed by atoms with E-state index < -0.39 is 43.9 Å². The van der Waals surface area contributed by atoms with Gasteiger partial charge in [0.15, 0.2) is 0 Å². The lowest BCUT2D eigenvalue weighted by atomic mass is 9.96. The molecule has 0 spiro atoms. The third-order valence-corrected chi connectivity index (χ3v) is 3.87. The normalized spacial score (nSPS) is 27.6. The molecule has 0 aliphatic heterocycles. The van der Waals surface area contributed by atoms with Gasteiger partial charge in [-0.2, -0.15) is 10.4 Å². The molecule has 0 saturated heterocycles.